The monoisotopic (exact) mass is 535 g/mol. The van der Waals surface area contributed by atoms with Crippen LogP contribution in [0.25, 0.3) is 0 Å². The van der Waals surface area contributed by atoms with Crippen LogP contribution in [0.1, 0.15) is 49.7 Å². The Morgan fingerprint density at radius 3 is 2.56 bits per heavy atom. The number of para-hydroxylation sites is 1. The van der Waals surface area contributed by atoms with E-state index in [1.54, 1.807) is 0 Å². The number of amides is 2. The number of benzene rings is 2. The predicted octanol–water partition coefficient (Wildman–Crippen LogP) is 3.51. The highest BCUT2D eigenvalue weighted by Crippen LogP contribution is 2.37. The van der Waals surface area contributed by atoms with Crippen molar-refractivity contribution in [3.8, 4) is 17.2 Å². The fourth-order valence-electron chi connectivity index (χ4n) is 5.84. The topological polar surface area (TPSA) is 89.1 Å². The molecule has 0 atom stereocenters. The molecule has 0 radical (unpaired) electrons. The van der Waals surface area contributed by atoms with Crippen molar-refractivity contribution < 1.29 is 23.8 Å². The number of carbonyl (C=O) groups is 2. The molecule has 0 aromatic heterocycles. The molecule has 5 rings (SSSR count). The minimum atomic E-state index is -0.358. The number of carbonyl (C=O) groups excluding carboxylic acids is 2. The number of nitrogens with zero attached hydrogens (tertiary/aromatic N) is 1. The molecular weight excluding hydrogens is 494 g/mol. The number of hydrogen-bond acceptors (Lipinski definition) is 6. The number of hydrogen-bond donors (Lipinski definition) is 2. The van der Waals surface area contributed by atoms with Crippen LogP contribution in [0.3, 0.4) is 0 Å². The molecule has 8 heteroatoms. The lowest BCUT2D eigenvalue weighted by Gasteiger charge is -2.40. The first-order chi connectivity index (χ1) is 19.1. The lowest BCUT2D eigenvalue weighted by molar-refractivity contribution is -0.135. The van der Waals surface area contributed by atoms with E-state index in [9.17, 15) is 9.59 Å². The van der Waals surface area contributed by atoms with Crippen LogP contribution in [0.5, 0.6) is 17.2 Å². The third-order valence-corrected chi connectivity index (χ3v) is 8.18. The van der Waals surface area contributed by atoms with E-state index >= 15 is 0 Å². The van der Waals surface area contributed by atoms with Gasteiger partial charge in [0.1, 0.15) is 12.4 Å². The van der Waals surface area contributed by atoms with Gasteiger partial charge < -0.3 is 24.8 Å². The number of ether oxygens (including phenoxy) is 3. The van der Waals surface area contributed by atoms with E-state index in [1.165, 1.54) is 5.56 Å². The molecule has 8 nitrogen and oxygen atoms in total. The van der Waals surface area contributed by atoms with Gasteiger partial charge in [0, 0.05) is 13.0 Å². The van der Waals surface area contributed by atoms with Crippen molar-refractivity contribution in [3.63, 3.8) is 0 Å². The molecule has 2 amide bonds. The maximum Gasteiger partial charge on any atom is 0.234 e. The standard InChI is InChI=1S/C31H41N3O5/c35-29(32-15-11-24-9-10-27-28(22-24)38-20-5-19-37-27)23-34-17-13-31(14-18-34)12-4-3-7-25-6-1-2-8-26(25)39-21-16-33-30(31)36/h1-2,6,8-10,22H,3-5,7,11-21,23H2,(H,32,35)(H,33,36). The number of piperidine rings is 1. The van der Waals surface area contributed by atoms with E-state index in [2.05, 4.69) is 27.7 Å². The Balaban J connectivity index is 1.07. The van der Waals surface area contributed by atoms with E-state index in [-0.39, 0.29) is 17.2 Å². The zero-order chi connectivity index (χ0) is 26.9. The first kappa shape index (κ1) is 27.3. The molecule has 1 spiro atoms. The van der Waals surface area contributed by atoms with Gasteiger partial charge in [-0.3, -0.25) is 14.5 Å². The summed E-state index contributed by atoms with van der Waals surface area (Å²) < 4.78 is 17.4. The van der Waals surface area contributed by atoms with Crippen molar-refractivity contribution in [1.29, 1.82) is 0 Å². The van der Waals surface area contributed by atoms with Crippen molar-refractivity contribution in [1.82, 2.24) is 15.5 Å². The molecule has 0 aliphatic carbocycles. The normalized spacial score (nSPS) is 19.8. The highest BCUT2D eigenvalue weighted by molar-refractivity contribution is 5.83. The molecular formula is C31H41N3O5. The maximum atomic E-state index is 13.3. The SMILES string of the molecule is O=C(CN1CCC2(CCCCc3ccccc3OCCNC2=O)CC1)NCCc1ccc2c(c1)OCCCO2. The summed E-state index contributed by atoms with van der Waals surface area (Å²) in [6.45, 7) is 4.75. The number of rotatable bonds is 5. The molecule has 3 heterocycles. The number of likely N-dealkylation sites (tertiary alicyclic amines) is 1. The van der Waals surface area contributed by atoms with Gasteiger partial charge in [-0.15, -0.1) is 0 Å². The second-order valence-electron chi connectivity index (χ2n) is 10.9. The molecule has 2 aromatic carbocycles. The van der Waals surface area contributed by atoms with Gasteiger partial charge in [-0.25, -0.2) is 0 Å². The van der Waals surface area contributed by atoms with Gasteiger partial charge in [0.2, 0.25) is 11.8 Å². The van der Waals surface area contributed by atoms with Crippen molar-refractivity contribution in [2.24, 2.45) is 5.41 Å². The van der Waals surface area contributed by atoms with Crippen LogP contribution in [0.4, 0.5) is 0 Å². The Morgan fingerprint density at radius 2 is 1.69 bits per heavy atom. The molecule has 210 valence electrons. The molecule has 3 aliphatic rings. The number of nitrogens with one attached hydrogen (secondary N) is 2. The molecule has 1 saturated heterocycles. The minimum absolute atomic E-state index is 0.0271. The summed E-state index contributed by atoms with van der Waals surface area (Å²) in [5.41, 5.74) is 1.99. The average Bonchev–Trinajstić information content (AvgIpc) is 3.19. The van der Waals surface area contributed by atoms with Crippen LogP contribution < -0.4 is 24.8 Å². The van der Waals surface area contributed by atoms with Crippen molar-refractivity contribution in [2.75, 3.05) is 52.5 Å². The fourth-order valence-corrected chi connectivity index (χ4v) is 5.84. The van der Waals surface area contributed by atoms with E-state index in [0.717, 1.165) is 87.3 Å². The van der Waals surface area contributed by atoms with Gasteiger partial charge in [0.05, 0.1) is 31.7 Å². The van der Waals surface area contributed by atoms with Crippen molar-refractivity contribution >= 4 is 11.8 Å². The van der Waals surface area contributed by atoms with Crippen LogP contribution >= 0.6 is 0 Å². The maximum absolute atomic E-state index is 13.3. The lowest BCUT2D eigenvalue weighted by Crippen LogP contribution is -2.51. The zero-order valence-corrected chi connectivity index (χ0v) is 22.8. The Labute approximate surface area is 231 Å². The Morgan fingerprint density at radius 1 is 0.897 bits per heavy atom. The summed E-state index contributed by atoms with van der Waals surface area (Å²) in [7, 11) is 0. The first-order valence-corrected chi connectivity index (χ1v) is 14.5. The fraction of sp³-hybridized carbons (Fsp3) is 0.548. The summed E-state index contributed by atoms with van der Waals surface area (Å²) in [4.78, 5) is 28.1. The third-order valence-electron chi connectivity index (χ3n) is 8.18. The van der Waals surface area contributed by atoms with Gasteiger partial charge >= 0.3 is 0 Å². The van der Waals surface area contributed by atoms with Gasteiger partial charge in [-0.1, -0.05) is 30.7 Å². The Hall–Kier alpha value is -3.26. The van der Waals surface area contributed by atoms with Gasteiger partial charge in [-0.05, 0) is 80.9 Å². The van der Waals surface area contributed by atoms with E-state index in [1.807, 2.05) is 30.3 Å². The predicted molar refractivity (Wildman–Crippen MR) is 149 cm³/mol. The molecule has 0 unspecified atom stereocenters. The Bertz CT molecular complexity index is 1130. The van der Waals surface area contributed by atoms with Crippen LogP contribution in [0.2, 0.25) is 0 Å². The minimum Gasteiger partial charge on any atom is -0.491 e. The molecule has 2 aromatic rings. The number of fused-ring (bicyclic) bond motifs is 2. The molecule has 0 saturated carbocycles. The van der Waals surface area contributed by atoms with Crippen molar-refractivity contribution in [2.45, 2.75) is 51.4 Å². The summed E-state index contributed by atoms with van der Waals surface area (Å²) in [6, 6.07) is 14.2. The summed E-state index contributed by atoms with van der Waals surface area (Å²) in [5, 5.41) is 6.19. The Kier molecular flexibility index (Phi) is 9.24. The van der Waals surface area contributed by atoms with Gasteiger partial charge in [-0.2, -0.15) is 0 Å². The van der Waals surface area contributed by atoms with Crippen LogP contribution in [-0.4, -0.2) is 69.3 Å². The lowest BCUT2D eigenvalue weighted by atomic mass is 9.73. The van der Waals surface area contributed by atoms with E-state index in [4.69, 9.17) is 14.2 Å². The smallest absolute Gasteiger partial charge is 0.234 e. The first-order valence-electron chi connectivity index (χ1n) is 14.5. The number of aryl methyl sites for hydroxylation is 1. The summed E-state index contributed by atoms with van der Waals surface area (Å²) in [5.74, 6) is 2.66. The average molecular weight is 536 g/mol. The highest BCUT2D eigenvalue weighted by Gasteiger charge is 2.40. The van der Waals surface area contributed by atoms with Crippen LogP contribution in [0, 0.1) is 5.41 Å². The van der Waals surface area contributed by atoms with Crippen molar-refractivity contribution in [3.05, 3.63) is 53.6 Å². The second kappa shape index (κ2) is 13.2. The zero-order valence-electron chi connectivity index (χ0n) is 22.8. The second-order valence-corrected chi connectivity index (χ2v) is 10.9. The van der Waals surface area contributed by atoms with Gasteiger partial charge in [0.25, 0.3) is 0 Å². The molecule has 1 fully saturated rings. The quantitative estimate of drug-likeness (QED) is 0.609. The third kappa shape index (κ3) is 7.24. The summed E-state index contributed by atoms with van der Waals surface area (Å²) in [6.07, 6.45) is 7.06. The van der Waals surface area contributed by atoms with Crippen LogP contribution in [-0.2, 0) is 22.4 Å². The van der Waals surface area contributed by atoms with E-state index in [0.29, 0.717) is 39.5 Å². The summed E-state index contributed by atoms with van der Waals surface area (Å²) >= 11 is 0. The van der Waals surface area contributed by atoms with Crippen LogP contribution in [0.15, 0.2) is 42.5 Å². The molecule has 0 bridgehead atoms. The largest absolute Gasteiger partial charge is 0.491 e. The molecule has 2 N–H and O–H groups in total. The molecule has 39 heavy (non-hydrogen) atoms. The van der Waals surface area contributed by atoms with E-state index < -0.39 is 0 Å². The highest BCUT2D eigenvalue weighted by atomic mass is 16.5. The molecule has 3 aliphatic heterocycles. The van der Waals surface area contributed by atoms with Gasteiger partial charge in [0.15, 0.2) is 11.5 Å².